The minimum atomic E-state index is -1.91. The Morgan fingerprint density at radius 3 is 2.44 bits per heavy atom. The van der Waals surface area contributed by atoms with E-state index in [1.807, 2.05) is 0 Å². The molecule has 2 amide bonds. The zero-order valence-corrected chi connectivity index (χ0v) is 24.8. The second kappa shape index (κ2) is 12.7. The third-order valence-electron chi connectivity index (χ3n) is 8.54. The molecule has 16 nitrogen and oxygen atoms in total. The third kappa shape index (κ3) is 6.04. The van der Waals surface area contributed by atoms with Crippen molar-refractivity contribution in [1.82, 2.24) is 10.2 Å². The van der Waals surface area contributed by atoms with E-state index in [0.29, 0.717) is 23.6 Å². The minimum absolute atomic E-state index is 0.0180. The van der Waals surface area contributed by atoms with E-state index in [-0.39, 0.29) is 22.4 Å². The van der Waals surface area contributed by atoms with E-state index in [4.69, 9.17) is 9.47 Å². The first-order valence-corrected chi connectivity index (χ1v) is 15.0. The zero-order valence-electron chi connectivity index (χ0n) is 24.0. The van der Waals surface area contributed by atoms with Crippen LogP contribution in [0.2, 0.25) is 0 Å². The lowest BCUT2D eigenvalue weighted by atomic mass is 9.79. The summed E-state index contributed by atoms with van der Waals surface area (Å²) in [5, 5.41) is 64.5. The van der Waals surface area contributed by atoms with Gasteiger partial charge >= 0.3 is 17.9 Å². The van der Waals surface area contributed by atoms with Crippen LogP contribution >= 0.6 is 11.8 Å². The number of carboxylic acid groups (broad SMARTS) is 3. The number of rotatable bonds is 10. The van der Waals surface area contributed by atoms with Gasteiger partial charge in [-0.15, -0.1) is 11.8 Å². The van der Waals surface area contributed by atoms with Crippen molar-refractivity contribution in [3.8, 4) is 0 Å². The van der Waals surface area contributed by atoms with Gasteiger partial charge in [-0.3, -0.25) is 9.59 Å². The summed E-state index contributed by atoms with van der Waals surface area (Å²) in [5.41, 5.74) is 0.158. The van der Waals surface area contributed by atoms with Gasteiger partial charge in [0, 0.05) is 28.3 Å². The Morgan fingerprint density at radius 2 is 1.80 bits per heavy atom. The molecule has 0 aromatic heterocycles. The van der Waals surface area contributed by atoms with Crippen molar-refractivity contribution in [2.45, 2.75) is 74.4 Å². The molecule has 4 aliphatic rings. The molecule has 5 unspecified atom stereocenters. The fraction of sp³-hybridized carbons (Fsp3) is 0.536. The molecule has 3 fully saturated rings. The first-order valence-electron chi connectivity index (χ1n) is 14.1. The smallest absolute Gasteiger partial charge is 0.353 e. The predicted octanol–water partition coefficient (Wildman–Crippen LogP) is -1.14. The van der Waals surface area contributed by atoms with Crippen LogP contribution in [0.25, 0.3) is 0 Å². The number of thioether (sulfide) groups is 1. The molecule has 5 rings (SSSR count). The van der Waals surface area contributed by atoms with Gasteiger partial charge in [0.05, 0.1) is 29.7 Å². The lowest BCUT2D eigenvalue weighted by molar-refractivity contribution is -0.308. The second-order valence-corrected chi connectivity index (χ2v) is 12.8. The fourth-order valence-electron chi connectivity index (χ4n) is 6.26. The summed E-state index contributed by atoms with van der Waals surface area (Å²) in [4.78, 5) is 62.8. The van der Waals surface area contributed by atoms with Crippen LogP contribution in [-0.2, 0) is 28.7 Å². The fourth-order valence-corrected chi connectivity index (χ4v) is 7.74. The average molecular weight is 652 g/mol. The largest absolute Gasteiger partial charge is 0.479 e. The molecule has 0 spiro atoms. The van der Waals surface area contributed by atoms with Gasteiger partial charge < -0.3 is 55.6 Å². The highest BCUT2D eigenvalue weighted by Gasteiger charge is 2.61. The molecule has 0 bridgehead atoms. The Labute approximate surface area is 260 Å². The molecular formula is C28H33N3O13S. The highest BCUT2D eigenvalue weighted by atomic mass is 32.2. The van der Waals surface area contributed by atoms with E-state index in [2.05, 4.69) is 10.6 Å². The number of nitrogens with zero attached hydrogens (tertiary/aromatic N) is 1. The monoisotopic (exact) mass is 651 g/mol. The predicted molar refractivity (Wildman–Crippen MR) is 153 cm³/mol. The Bertz CT molecular complexity index is 1440. The van der Waals surface area contributed by atoms with Crippen LogP contribution in [0.1, 0.15) is 30.6 Å². The number of carbonyl (C=O) groups excluding carboxylic acids is 2. The molecular weight excluding hydrogens is 618 g/mol. The Balaban J connectivity index is 1.24. The van der Waals surface area contributed by atoms with E-state index in [0.717, 1.165) is 0 Å². The van der Waals surface area contributed by atoms with Gasteiger partial charge in [0.15, 0.2) is 12.4 Å². The summed E-state index contributed by atoms with van der Waals surface area (Å²) in [6, 6.07) is 4.54. The van der Waals surface area contributed by atoms with Crippen LogP contribution in [0.15, 0.2) is 34.9 Å². The number of β-lactam (4-membered cyclic amide) rings is 1. The van der Waals surface area contributed by atoms with E-state index in [1.165, 1.54) is 41.8 Å². The SMILES string of the molecule is C[C@@H](OC1OC(C(=O)O)C(O)C(O)C1O)[C@H]1C(=O)N2C(C(=O)O)=C(S[C@@H]3CN[C@H](C(=O)Nc4cccc(C(=O)O)c4)C3)[C@H](C)[C@H]12. The molecule has 0 aliphatic carbocycles. The van der Waals surface area contributed by atoms with E-state index in [9.17, 15) is 54.6 Å². The molecule has 4 aliphatic heterocycles. The number of nitrogens with one attached hydrogen (secondary N) is 2. The van der Waals surface area contributed by atoms with Gasteiger partial charge in [-0.1, -0.05) is 13.0 Å². The van der Waals surface area contributed by atoms with Crippen molar-refractivity contribution in [1.29, 1.82) is 0 Å². The van der Waals surface area contributed by atoms with Crippen molar-refractivity contribution in [3.63, 3.8) is 0 Å². The molecule has 244 valence electrons. The lowest BCUT2D eigenvalue weighted by Crippen LogP contribution is -2.66. The van der Waals surface area contributed by atoms with Crippen LogP contribution in [0.4, 0.5) is 5.69 Å². The first kappa shape index (κ1) is 32.8. The zero-order chi connectivity index (χ0) is 32.9. The molecule has 1 aromatic carbocycles. The molecule has 8 N–H and O–H groups in total. The van der Waals surface area contributed by atoms with E-state index >= 15 is 0 Å². The number of carbonyl (C=O) groups is 5. The average Bonchev–Trinajstić information content (AvgIpc) is 3.54. The molecule has 4 heterocycles. The number of aromatic carboxylic acids is 1. The maximum absolute atomic E-state index is 13.3. The van der Waals surface area contributed by atoms with Crippen molar-refractivity contribution in [2.75, 3.05) is 11.9 Å². The summed E-state index contributed by atoms with van der Waals surface area (Å²) in [6.07, 6.45) is -9.86. The van der Waals surface area contributed by atoms with Crippen molar-refractivity contribution < 1.29 is 64.1 Å². The normalized spacial score (nSPS) is 35.0. The summed E-state index contributed by atoms with van der Waals surface area (Å²) >= 11 is 1.25. The number of hydrogen-bond acceptors (Lipinski definition) is 12. The first-order chi connectivity index (χ1) is 21.2. The molecule has 3 saturated heterocycles. The van der Waals surface area contributed by atoms with Gasteiger partial charge in [-0.25, -0.2) is 14.4 Å². The molecule has 0 radical (unpaired) electrons. The maximum Gasteiger partial charge on any atom is 0.353 e. The van der Waals surface area contributed by atoms with Crippen LogP contribution in [0.5, 0.6) is 0 Å². The van der Waals surface area contributed by atoms with Gasteiger partial charge in [0.1, 0.15) is 24.0 Å². The number of carboxylic acids is 3. The quantitative estimate of drug-likeness (QED) is 0.139. The van der Waals surface area contributed by atoms with Crippen molar-refractivity contribution in [3.05, 3.63) is 40.4 Å². The number of amides is 2. The summed E-state index contributed by atoms with van der Waals surface area (Å²) < 4.78 is 10.9. The van der Waals surface area contributed by atoms with Crippen molar-refractivity contribution in [2.24, 2.45) is 11.8 Å². The van der Waals surface area contributed by atoms with Crippen LogP contribution in [0, 0.1) is 11.8 Å². The summed E-state index contributed by atoms with van der Waals surface area (Å²) in [7, 11) is 0. The standard InChI is InChI=1S/C28H33N3O13S/c1-9-16-15(10(2)43-28-20(34)18(32)19(33)21(44-28)27(41)42)24(36)31(16)17(26(39)40)22(9)45-13-7-14(29-8-13)23(35)30-12-5-3-4-11(6-12)25(37)38/h3-6,9-10,13-16,18-21,28-29,32-34H,7-8H2,1-2H3,(H,30,35)(H,37,38)(H,39,40)(H,41,42)/t9-,10-,13+,14+,15-,16-,18?,19?,20?,21?,28?/m1/s1. The van der Waals surface area contributed by atoms with Crippen LogP contribution < -0.4 is 10.6 Å². The van der Waals surface area contributed by atoms with Crippen LogP contribution in [-0.4, -0.2) is 126 Å². The second-order valence-electron chi connectivity index (χ2n) is 11.4. The van der Waals surface area contributed by atoms with E-state index in [1.54, 1.807) is 13.0 Å². The molecule has 0 saturated carbocycles. The number of aliphatic carboxylic acids is 2. The number of benzene rings is 1. The van der Waals surface area contributed by atoms with Gasteiger partial charge in [-0.05, 0) is 31.5 Å². The molecule has 1 aromatic rings. The van der Waals surface area contributed by atoms with E-state index < -0.39 is 84.5 Å². The number of aliphatic hydroxyl groups is 3. The Hall–Kier alpha value is -3.58. The van der Waals surface area contributed by atoms with Gasteiger partial charge in [-0.2, -0.15) is 0 Å². The molecule has 45 heavy (non-hydrogen) atoms. The molecule has 11 atom stereocenters. The topological polar surface area (TPSA) is 252 Å². The highest BCUT2D eigenvalue weighted by Crippen LogP contribution is 2.52. The van der Waals surface area contributed by atoms with Crippen molar-refractivity contribution >= 4 is 47.2 Å². The minimum Gasteiger partial charge on any atom is -0.479 e. The number of hydrogen-bond donors (Lipinski definition) is 8. The van der Waals surface area contributed by atoms with Crippen LogP contribution in [0.3, 0.4) is 0 Å². The number of anilines is 1. The maximum atomic E-state index is 13.3. The molecule has 17 heteroatoms. The lowest BCUT2D eigenvalue weighted by Gasteiger charge is -2.48. The number of fused-ring (bicyclic) bond motifs is 1. The number of ether oxygens (including phenoxy) is 2. The Kier molecular flexibility index (Phi) is 9.23. The summed E-state index contributed by atoms with van der Waals surface area (Å²) in [6.45, 7) is 3.60. The number of aliphatic hydroxyl groups excluding tert-OH is 3. The van der Waals surface area contributed by atoms with Gasteiger partial charge in [0.25, 0.3) is 0 Å². The Morgan fingerprint density at radius 1 is 1.09 bits per heavy atom. The summed E-state index contributed by atoms with van der Waals surface area (Å²) in [5.74, 6) is -6.32. The highest BCUT2D eigenvalue weighted by molar-refractivity contribution is 8.03. The van der Waals surface area contributed by atoms with Gasteiger partial charge in [0.2, 0.25) is 11.8 Å². The third-order valence-corrected chi connectivity index (χ3v) is 10.0.